The van der Waals surface area contributed by atoms with Gasteiger partial charge >= 0.3 is 0 Å². The van der Waals surface area contributed by atoms with Crippen LogP contribution in [0.1, 0.15) is 121 Å². The molecule has 0 amide bonds. The van der Waals surface area contributed by atoms with Gasteiger partial charge in [-0.05, 0) is 99.2 Å². The van der Waals surface area contributed by atoms with Crippen molar-refractivity contribution in [2.45, 2.75) is 116 Å². The maximum atomic E-state index is 14.6. The van der Waals surface area contributed by atoms with E-state index >= 15 is 0 Å². The van der Waals surface area contributed by atoms with Crippen LogP contribution >= 0.6 is 0 Å². The van der Waals surface area contributed by atoms with Gasteiger partial charge in [-0.1, -0.05) is 51.9 Å². The van der Waals surface area contributed by atoms with E-state index in [0.29, 0.717) is 6.61 Å². The molecule has 0 atom stereocenters. The fraction of sp³-hybridized carbons (Fsp3) is 0.793. The molecule has 188 valence electrons. The maximum absolute atomic E-state index is 14.6. The predicted molar refractivity (Wildman–Crippen MR) is 132 cm³/mol. The molecule has 1 aromatic rings. The molecule has 0 bridgehead atoms. The second kappa shape index (κ2) is 14.3. The van der Waals surface area contributed by atoms with E-state index in [0.717, 1.165) is 61.8 Å². The van der Waals surface area contributed by atoms with Gasteiger partial charge in [-0.2, -0.15) is 0 Å². The Kier molecular flexibility index (Phi) is 11.4. The predicted octanol–water partition coefficient (Wildman–Crippen LogP) is 8.56. The Morgan fingerprint density at radius 2 is 1.39 bits per heavy atom. The van der Waals surface area contributed by atoms with Crippen molar-refractivity contribution in [1.29, 1.82) is 0 Å². The largest absolute Gasteiger partial charge is 0.488 e. The molecule has 0 heterocycles. The summed E-state index contributed by atoms with van der Waals surface area (Å²) >= 11 is 0. The van der Waals surface area contributed by atoms with E-state index in [1.165, 1.54) is 76.3 Å². The van der Waals surface area contributed by atoms with Crippen LogP contribution in [0.2, 0.25) is 0 Å². The molecule has 0 saturated heterocycles. The molecule has 1 N–H and O–H groups in total. The van der Waals surface area contributed by atoms with Crippen molar-refractivity contribution in [1.82, 2.24) is 0 Å². The molecule has 2 fully saturated rings. The van der Waals surface area contributed by atoms with Crippen LogP contribution in [0, 0.1) is 29.4 Å². The lowest BCUT2D eigenvalue weighted by molar-refractivity contribution is 0.155. The molecular weight excluding hydrogens is 418 g/mol. The van der Waals surface area contributed by atoms with Crippen LogP contribution in [-0.4, -0.2) is 18.3 Å². The van der Waals surface area contributed by atoms with Crippen LogP contribution in [-0.2, 0) is 0 Å². The Balaban J connectivity index is 1.42. The van der Waals surface area contributed by atoms with Crippen molar-refractivity contribution >= 4 is 0 Å². The van der Waals surface area contributed by atoms with Crippen molar-refractivity contribution in [3.05, 3.63) is 29.3 Å². The van der Waals surface area contributed by atoms with Gasteiger partial charge in [-0.15, -0.1) is 0 Å². The summed E-state index contributed by atoms with van der Waals surface area (Å²) in [5, 5.41) is 8.80. The van der Waals surface area contributed by atoms with E-state index in [9.17, 15) is 8.78 Å². The van der Waals surface area contributed by atoms with E-state index < -0.39 is 11.6 Å². The Hall–Kier alpha value is -1.16. The summed E-state index contributed by atoms with van der Waals surface area (Å²) < 4.78 is 34.6. The Morgan fingerprint density at radius 1 is 0.788 bits per heavy atom. The molecule has 2 aliphatic rings. The van der Waals surface area contributed by atoms with Gasteiger partial charge in [-0.3, -0.25) is 0 Å². The molecule has 4 heteroatoms. The third-order valence-corrected chi connectivity index (χ3v) is 8.34. The van der Waals surface area contributed by atoms with E-state index in [4.69, 9.17) is 9.84 Å². The molecule has 33 heavy (non-hydrogen) atoms. The molecule has 2 aliphatic carbocycles. The first-order chi connectivity index (χ1) is 16.1. The lowest BCUT2D eigenvalue weighted by Gasteiger charge is -2.38. The monoisotopic (exact) mass is 464 g/mol. The van der Waals surface area contributed by atoms with E-state index in [-0.39, 0.29) is 18.3 Å². The van der Waals surface area contributed by atoms with Gasteiger partial charge in [0, 0.05) is 6.61 Å². The lowest BCUT2D eigenvalue weighted by atomic mass is 9.68. The number of rotatable bonds is 13. The van der Waals surface area contributed by atoms with Gasteiger partial charge in [0.25, 0.3) is 0 Å². The van der Waals surface area contributed by atoms with Gasteiger partial charge in [0.2, 0.25) is 0 Å². The SMILES string of the molecule is CCCCCC1CCC(C2CCC(c3cc(F)c(OCCCCCCO)c(F)c3)CC2)CC1. The minimum atomic E-state index is -0.566. The third-order valence-electron chi connectivity index (χ3n) is 8.34. The molecule has 3 rings (SSSR count). The first-order valence-electron chi connectivity index (χ1n) is 13.8. The summed E-state index contributed by atoms with van der Waals surface area (Å²) in [4.78, 5) is 0. The van der Waals surface area contributed by atoms with Crippen molar-refractivity contribution in [3.63, 3.8) is 0 Å². The number of benzene rings is 1. The second-order valence-corrected chi connectivity index (χ2v) is 10.7. The highest BCUT2D eigenvalue weighted by Gasteiger charge is 2.31. The molecule has 0 unspecified atom stereocenters. The molecule has 0 aliphatic heterocycles. The zero-order valence-corrected chi connectivity index (χ0v) is 20.8. The molecule has 2 saturated carbocycles. The summed E-state index contributed by atoms with van der Waals surface area (Å²) in [5.74, 6) is 1.54. The average molecular weight is 465 g/mol. The highest BCUT2D eigenvalue weighted by Crippen LogP contribution is 2.45. The highest BCUT2D eigenvalue weighted by molar-refractivity contribution is 5.33. The molecule has 2 nitrogen and oxygen atoms in total. The van der Waals surface area contributed by atoms with Crippen molar-refractivity contribution < 1.29 is 18.6 Å². The van der Waals surface area contributed by atoms with Gasteiger partial charge < -0.3 is 9.84 Å². The fourth-order valence-corrected chi connectivity index (χ4v) is 6.25. The van der Waals surface area contributed by atoms with Crippen molar-refractivity contribution in [2.24, 2.45) is 17.8 Å². The van der Waals surface area contributed by atoms with Gasteiger partial charge in [0.05, 0.1) is 6.61 Å². The first kappa shape index (κ1) is 26.4. The summed E-state index contributed by atoms with van der Waals surface area (Å²) in [6.45, 7) is 2.78. The first-order valence-corrected chi connectivity index (χ1v) is 13.8. The molecule has 0 radical (unpaired) electrons. The number of hydrogen-bond acceptors (Lipinski definition) is 2. The summed E-state index contributed by atoms with van der Waals surface area (Å²) in [5.41, 5.74) is 0.804. The van der Waals surface area contributed by atoms with E-state index in [1.807, 2.05) is 0 Å². The zero-order valence-electron chi connectivity index (χ0n) is 20.8. The summed E-state index contributed by atoms with van der Waals surface area (Å²) in [6.07, 6.45) is 18.9. The van der Waals surface area contributed by atoms with E-state index in [2.05, 4.69) is 6.92 Å². The van der Waals surface area contributed by atoms with E-state index in [1.54, 1.807) is 0 Å². The molecule has 1 aromatic carbocycles. The normalized spacial score (nSPS) is 25.8. The summed E-state index contributed by atoms with van der Waals surface area (Å²) in [7, 11) is 0. The number of ether oxygens (including phenoxy) is 1. The lowest BCUT2D eigenvalue weighted by Crippen LogP contribution is -2.25. The quantitative estimate of drug-likeness (QED) is 0.296. The molecule has 0 spiro atoms. The van der Waals surface area contributed by atoms with Crippen LogP contribution in [0.25, 0.3) is 0 Å². The van der Waals surface area contributed by atoms with Crippen LogP contribution in [0.15, 0.2) is 12.1 Å². The topological polar surface area (TPSA) is 29.5 Å². The van der Waals surface area contributed by atoms with Crippen LogP contribution < -0.4 is 4.74 Å². The molecular formula is C29H46F2O2. The summed E-state index contributed by atoms with van der Waals surface area (Å²) in [6, 6.07) is 3.02. The minimum Gasteiger partial charge on any atom is -0.488 e. The number of aliphatic hydroxyl groups excluding tert-OH is 1. The Morgan fingerprint density at radius 3 is 2.00 bits per heavy atom. The van der Waals surface area contributed by atoms with Crippen LogP contribution in [0.3, 0.4) is 0 Å². The Bertz CT molecular complexity index is 653. The van der Waals surface area contributed by atoms with Crippen molar-refractivity contribution in [3.8, 4) is 5.75 Å². The van der Waals surface area contributed by atoms with Gasteiger partial charge in [-0.25, -0.2) is 8.78 Å². The standard InChI is InChI=1S/C29H46F2O2/c1-2-3-6-9-22-10-12-23(13-11-22)24-14-16-25(17-15-24)26-20-27(30)29(28(31)21-26)33-19-8-5-4-7-18-32/h20-25,32H,2-19H2,1H3. The Labute approximate surface area is 200 Å². The smallest absolute Gasteiger partial charge is 0.190 e. The van der Waals surface area contributed by atoms with Gasteiger partial charge in [0.1, 0.15) is 0 Å². The number of unbranched alkanes of at least 4 members (excludes halogenated alkanes) is 5. The number of aliphatic hydroxyl groups is 1. The fourth-order valence-electron chi connectivity index (χ4n) is 6.25. The van der Waals surface area contributed by atoms with Crippen LogP contribution in [0.4, 0.5) is 8.78 Å². The number of hydrogen-bond donors (Lipinski definition) is 1. The van der Waals surface area contributed by atoms with Gasteiger partial charge in [0.15, 0.2) is 17.4 Å². The zero-order chi connectivity index (χ0) is 23.5. The second-order valence-electron chi connectivity index (χ2n) is 10.7. The van der Waals surface area contributed by atoms with Crippen LogP contribution in [0.5, 0.6) is 5.75 Å². The number of halogens is 2. The highest BCUT2D eigenvalue weighted by atomic mass is 19.1. The average Bonchev–Trinajstić information content (AvgIpc) is 2.83. The molecule has 0 aromatic heterocycles. The third kappa shape index (κ3) is 8.23. The minimum absolute atomic E-state index is 0.188. The van der Waals surface area contributed by atoms with Crippen molar-refractivity contribution in [2.75, 3.05) is 13.2 Å². The maximum Gasteiger partial charge on any atom is 0.190 e.